The molecule has 2 unspecified atom stereocenters. The van der Waals surface area contributed by atoms with Crippen LogP contribution in [-0.2, 0) is 14.8 Å². The highest BCUT2D eigenvalue weighted by Crippen LogP contribution is 2.30. The highest BCUT2D eigenvalue weighted by Gasteiger charge is 2.43. The minimum atomic E-state index is -3.75. The fourth-order valence-corrected chi connectivity index (χ4v) is 4.34. The van der Waals surface area contributed by atoms with Crippen LogP contribution in [0.2, 0.25) is 0 Å². The van der Waals surface area contributed by atoms with Crippen molar-refractivity contribution in [1.29, 1.82) is 0 Å². The molecule has 2 atom stereocenters. The molecule has 1 heterocycles. The van der Waals surface area contributed by atoms with E-state index in [0.717, 1.165) is 15.4 Å². The molecular weight excluding hydrogens is 278 g/mol. The number of benzene rings is 1. The second-order valence-corrected chi connectivity index (χ2v) is 7.30. The summed E-state index contributed by atoms with van der Waals surface area (Å²) in [6, 6.07) is 3.92. The molecule has 1 aromatic rings. The van der Waals surface area contributed by atoms with Crippen molar-refractivity contribution in [3.63, 3.8) is 0 Å². The minimum Gasteiger partial charge on any atom is -0.480 e. The monoisotopic (exact) mass is 297 g/mol. The van der Waals surface area contributed by atoms with Crippen molar-refractivity contribution in [2.24, 2.45) is 5.92 Å². The van der Waals surface area contributed by atoms with Gasteiger partial charge in [0.2, 0.25) is 10.0 Å². The van der Waals surface area contributed by atoms with Gasteiger partial charge in [-0.2, -0.15) is 4.31 Å². The van der Waals surface area contributed by atoms with E-state index < -0.39 is 22.0 Å². The first-order valence-electron chi connectivity index (χ1n) is 6.57. The highest BCUT2D eigenvalue weighted by atomic mass is 32.2. The van der Waals surface area contributed by atoms with Crippen LogP contribution in [0.25, 0.3) is 0 Å². The Morgan fingerprint density at radius 3 is 2.50 bits per heavy atom. The van der Waals surface area contributed by atoms with Crippen molar-refractivity contribution in [3.8, 4) is 0 Å². The molecule has 2 rings (SSSR count). The number of hydrogen-bond donors (Lipinski definition) is 1. The van der Waals surface area contributed by atoms with E-state index in [1.165, 1.54) is 0 Å². The van der Waals surface area contributed by atoms with Crippen molar-refractivity contribution in [2.75, 3.05) is 6.54 Å². The summed E-state index contributed by atoms with van der Waals surface area (Å²) in [6.45, 7) is 5.78. The molecule has 1 fully saturated rings. The van der Waals surface area contributed by atoms with Gasteiger partial charge in [-0.15, -0.1) is 0 Å². The van der Waals surface area contributed by atoms with Crippen LogP contribution in [0.5, 0.6) is 0 Å². The van der Waals surface area contributed by atoms with Crippen LogP contribution >= 0.6 is 0 Å². The lowest BCUT2D eigenvalue weighted by molar-refractivity contribution is -0.141. The first-order valence-corrected chi connectivity index (χ1v) is 8.01. The molecule has 0 aromatic heterocycles. The Labute approximate surface area is 119 Å². The summed E-state index contributed by atoms with van der Waals surface area (Å²) in [4.78, 5) is 11.5. The van der Waals surface area contributed by atoms with E-state index >= 15 is 0 Å². The molecule has 0 saturated carbocycles. The zero-order valence-electron chi connectivity index (χ0n) is 11.8. The molecule has 1 N–H and O–H groups in total. The summed E-state index contributed by atoms with van der Waals surface area (Å²) >= 11 is 0. The molecule has 0 spiro atoms. The summed E-state index contributed by atoms with van der Waals surface area (Å²) in [6.07, 6.45) is 0.570. The zero-order valence-corrected chi connectivity index (χ0v) is 12.6. The Morgan fingerprint density at radius 2 is 1.95 bits per heavy atom. The SMILES string of the molecule is Cc1ccc(S(=O)(=O)N2CCC(C)C2C(=O)O)cc1C. The van der Waals surface area contributed by atoms with E-state index in [-0.39, 0.29) is 17.4 Å². The molecule has 1 aromatic carbocycles. The standard InChI is InChI=1S/C14H19NO4S/c1-9-4-5-12(8-11(9)3)20(18,19)15-7-6-10(2)13(15)14(16)17/h4-5,8,10,13H,6-7H2,1-3H3,(H,16,17). The molecule has 0 radical (unpaired) electrons. The Hall–Kier alpha value is -1.40. The fourth-order valence-electron chi connectivity index (χ4n) is 2.56. The van der Waals surface area contributed by atoms with Crippen LogP contribution in [0.15, 0.2) is 23.1 Å². The quantitative estimate of drug-likeness (QED) is 0.923. The number of hydrogen-bond acceptors (Lipinski definition) is 3. The molecule has 6 heteroatoms. The molecule has 0 bridgehead atoms. The van der Waals surface area contributed by atoms with Crippen molar-refractivity contribution >= 4 is 16.0 Å². The van der Waals surface area contributed by atoms with Crippen molar-refractivity contribution in [2.45, 2.75) is 38.1 Å². The van der Waals surface area contributed by atoms with Crippen LogP contribution in [0.3, 0.4) is 0 Å². The molecule has 0 amide bonds. The predicted octanol–water partition coefficient (Wildman–Crippen LogP) is 1.79. The van der Waals surface area contributed by atoms with E-state index in [9.17, 15) is 18.3 Å². The smallest absolute Gasteiger partial charge is 0.322 e. The number of carboxylic acids is 1. The Morgan fingerprint density at radius 1 is 1.30 bits per heavy atom. The second-order valence-electron chi connectivity index (χ2n) is 5.41. The van der Waals surface area contributed by atoms with Gasteiger partial charge in [0.25, 0.3) is 0 Å². The maximum absolute atomic E-state index is 12.6. The average Bonchev–Trinajstić information content (AvgIpc) is 2.75. The maximum atomic E-state index is 12.6. The molecule has 1 aliphatic heterocycles. The van der Waals surface area contributed by atoms with E-state index in [0.29, 0.717) is 6.42 Å². The number of rotatable bonds is 3. The Kier molecular flexibility index (Phi) is 3.88. The Balaban J connectivity index is 2.44. The first-order chi connectivity index (χ1) is 9.25. The van der Waals surface area contributed by atoms with Gasteiger partial charge >= 0.3 is 5.97 Å². The van der Waals surface area contributed by atoms with E-state index in [4.69, 9.17) is 0 Å². The number of nitrogens with zero attached hydrogens (tertiary/aromatic N) is 1. The van der Waals surface area contributed by atoms with Crippen LogP contribution in [0.4, 0.5) is 0 Å². The van der Waals surface area contributed by atoms with E-state index in [1.54, 1.807) is 25.1 Å². The summed E-state index contributed by atoms with van der Waals surface area (Å²) < 4.78 is 26.4. The molecule has 1 saturated heterocycles. The Bertz CT molecular complexity index is 639. The summed E-state index contributed by atoms with van der Waals surface area (Å²) in [7, 11) is -3.75. The summed E-state index contributed by atoms with van der Waals surface area (Å²) in [5, 5.41) is 9.26. The number of carbonyl (C=O) groups is 1. The van der Waals surface area contributed by atoms with Gasteiger partial charge in [0.1, 0.15) is 6.04 Å². The average molecular weight is 297 g/mol. The number of carboxylic acid groups (broad SMARTS) is 1. The summed E-state index contributed by atoms with van der Waals surface area (Å²) in [5.74, 6) is -1.25. The van der Waals surface area contributed by atoms with Crippen LogP contribution in [-0.4, -0.2) is 36.4 Å². The largest absolute Gasteiger partial charge is 0.480 e. The maximum Gasteiger partial charge on any atom is 0.322 e. The molecule has 1 aliphatic rings. The fraction of sp³-hybridized carbons (Fsp3) is 0.500. The lowest BCUT2D eigenvalue weighted by Gasteiger charge is -2.23. The van der Waals surface area contributed by atoms with Gasteiger partial charge in [-0.25, -0.2) is 8.42 Å². The van der Waals surface area contributed by atoms with Crippen LogP contribution in [0, 0.1) is 19.8 Å². The normalized spacial score (nSPS) is 23.9. The number of sulfonamides is 1. The topological polar surface area (TPSA) is 74.7 Å². The van der Waals surface area contributed by atoms with Crippen molar-refractivity contribution in [1.82, 2.24) is 4.31 Å². The van der Waals surface area contributed by atoms with Crippen LogP contribution in [0.1, 0.15) is 24.5 Å². The third-order valence-electron chi connectivity index (χ3n) is 3.99. The van der Waals surface area contributed by atoms with Crippen molar-refractivity contribution in [3.05, 3.63) is 29.3 Å². The third kappa shape index (κ3) is 2.45. The van der Waals surface area contributed by atoms with Gasteiger partial charge in [0, 0.05) is 6.54 Å². The lowest BCUT2D eigenvalue weighted by Crippen LogP contribution is -2.42. The van der Waals surface area contributed by atoms with E-state index in [1.807, 2.05) is 13.8 Å². The predicted molar refractivity (Wildman–Crippen MR) is 75.0 cm³/mol. The lowest BCUT2D eigenvalue weighted by atomic mass is 10.0. The third-order valence-corrected chi connectivity index (χ3v) is 5.87. The molecule has 5 nitrogen and oxygen atoms in total. The van der Waals surface area contributed by atoms with Gasteiger partial charge in [-0.05, 0) is 49.4 Å². The first kappa shape index (κ1) is 15.0. The van der Waals surface area contributed by atoms with Gasteiger partial charge in [-0.1, -0.05) is 13.0 Å². The van der Waals surface area contributed by atoms with Crippen LogP contribution < -0.4 is 0 Å². The van der Waals surface area contributed by atoms with E-state index in [2.05, 4.69) is 0 Å². The van der Waals surface area contributed by atoms with Gasteiger partial charge < -0.3 is 5.11 Å². The zero-order chi connectivity index (χ0) is 15.1. The summed E-state index contributed by atoms with van der Waals surface area (Å²) in [5.41, 5.74) is 1.89. The highest BCUT2D eigenvalue weighted by molar-refractivity contribution is 7.89. The van der Waals surface area contributed by atoms with Gasteiger partial charge in [-0.3, -0.25) is 4.79 Å². The van der Waals surface area contributed by atoms with Gasteiger partial charge in [0.05, 0.1) is 4.90 Å². The second kappa shape index (κ2) is 5.18. The molecule has 20 heavy (non-hydrogen) atoms. The van der Waals surface area contributed by atoms with Crippen molar-refractivity contribution < 1.29 is 18.3 Å². The minimum absolute atomic E-state index is 0.168. The molecular formula is C14H19NO4S. The molecule has 110 valence electrons. The molecule has 0 aliphatic carbocycles. The van der Waals surface area contributed by atoms with Gasteiger partial charge in [0.15, 0.2) is 0 Å². The number of aryl methyl sites for hydroxylation is 2. The number of aliphatic carboxylic acids is 1.